The Morgan fingerprint density at radius 2 is 2.19 bits per heavy atom. The summed E-state index contributed by atoms with van der Waals surface area (Å²) in [5.74, 6) is 0.806. The van der Waals surface area contributed by atoms with Crippen molar-refractivity contribution in [2.75, 3.05) is 13.2 Å². The van der Waals surface area contributed by atoms with Gasteiger partial charge in [-0.2, -0.15) is 5.10 Å². The van der Waals surface area contributed by atoms with Crippen molar-refractivity contribution >= 4 is 0 Å². The number of aromatic nitrogens is 2. The van der Waals surface area contributed by atoms with Crippen molar-refractivity contribution in [1.82, 2.24) is 9.78 Å². The molecule has 1 aromatic rings. The van der Waals surface area contributed by atoms with Crippen LogP contribution in [0.1, 0.15) is 29.8 Å². The second-order valence-electron chi connectivity index (χ2n) is 4.63. The molecule has 0 radical (unpaired) electrons. The molecule has 1 saturated carbocycles. The Morgan fingerprint density at radius 3 is 2.81 bits per heavy atom. The lowest BCUT2D eigenvalue weighted by Crippen LogP contribution is -2.09. The zero-order valence-electron chi connectivity index (χ0n) is 10.2. The molecule has 4 nitrogen and oxygen atoms in total. The second-order valence-corrected chi connectivity index (χ2v) is 4.63. The van der Waals surface area contributed by atoms with Gasteiger partial charge in [-0.15, -0.1) is 0 Å². The Labute approximate surface area is 96.8 Å². The number of nitrogens with two attached hydrogens (primary N) is 1. The first kappa shape index (κ1) is 11.6. The summed E-state index contributed by atoms with van der Waals surface area (Å²) in [6.07, 6.45) is 3.56. The predicted molar refractivity (Wildman–Crippen MR) is 63.1 cm³/mol. The van der Waals surface area contributed by atoms with Crippen LogP contribution in [-0.4, -0.2) is 22.9 Å². The van der Waals surface area contributed by atoms with Crippen LogP contribution in [-0.2, 0) is 17.9 Å². The van der Waals surface area contributed by atoms with Crippen LogP contribution in [0.5, 0.6) is 0 Å². The van der Waals surface area contributed by atoms with Crippen molar-refractivity contribution in [3.8, 4) is 0 Å². The lowest BCUT2D eigenvalue weighted by Gasteiger charge is -2.06. The zero-order chi connectivity index (χ0) is 11.5. The van der Waals surface area contributed by atoms with E-state index in [1.54, 1.807) is 0 Å². The minimum atomic E-state index is 0.577. The van der Waals surface area contributed by atoms with Crippen LogP contribution < -0.4 is 5.73 Å². The van der Waals surface area contributed by atoms with Gasteiger partial charge in [-0.25, -0.2) is 4.68 Å². The third-order valence-corrected chi connectivity index (χ3v) is 3.19. The fourth-order valence-electron chi connectivity index (χ4n) is 1.96. The molecule has 0 unspecified atom stereocenters. The summed E-state index contributed by atoms with van der Waals surface area (Å²) in [7, 11) is 0. The smallest absolute Gasteiger partial charge is 0.139 e. The Bertz CT molecular complexity index is 355. The summed E-state index contributed by atoms with van der Waals surface area (Å²) in [4.78, 5) is 0. The zero-order valence-corrected chi connectivity index (χ0v) is 10.2. The molecular formula is C12H21N3O. The molecule has 4 heteroatoms. The summed E-state index contributed by atoms with van der Waals surface area (Å²) in [5.41, 5.74) is 9.14. The molecule has 2 N–H and O–H groups in total. The summed E-state index contributed by atoms with van der Waals surface area (Å²) < 4.78 is 7.59. The van der Waals surface area contributed by atoms with Crippen LogP contribution in [0.2, 0.25) is 0 Å². The minimum Gasteiger partial charge on any atom is -0.359 e. The van der Waals surface area contributed by atoms with Gasteiger partial charge in [0.25, 0.3) is 0 Å². The van der Waals surface area contributed by atoms with Crippen molar-refractivity contribution in [3.05, 3.63) is 17.0 Å². The van der Waals surface area contributed by atoms with Crippen LogP contribution in [0.25, 0.3) is 0 Å². The van der Waals surface area contributed by atoms with E-state index in [2.05, 4.69) is 12.0 Å². The lowest BCUT2D eigenvalue weighted by molar-refractivity contribution is 0.0597. The summed E-state index contributed by atoms with van der Waals surface area (Å²) in [5, 5.41) is 4.48. The highest BCUT2D eigenvalue weighted by Gasteiger charge is 2.21. The maximum atomic E-state index is 5.64. The first-order valence-corrected chi connectivity index (χ1v) is 6.03. The van der Waals surface area contributed by atoms with Gasteiger partial charge in [-0.3, -0.25) is 0 Å². The Kier molecular flexibility index (Phi) is 3.61. The summed E-state index contributed by atoms with van der Waals surface area (Å²) >= 11 is 0. The van der Waals surface area contributed by atoms with Gasteiger partial charge in [0.05, 0.1) is 12.3 Å². The molecule has 1 heterocycles. The van der Waals surface area contributed by atoms with Crippen molar-refractivity contribution in [2.24, 2.45) is 11.7 Å². The topological polar surface area (TPSA) is 53.1 Å². The van der Waals surface area contributed by atoms with Crippen LogP contribution in [0.3, 0.4) is 0 Å². The van der Waals surface area contributed by atoms with Crippen molar-refractivity contribution < 1.29 is 4.74 Å². The fourth-order valence-corrected chi connectivity index (χ4v) is 1.96. The SMILES string of the molecule is Cc1nn(COCC2CC2)c(C)c1CCN. The Balaban J connectivity index is 1.94. The van der Waals surface area contributed by atoms with Gasteiger partial charge in [-0.05, 0) is 51.1 Å². The predicted octanol–water partition coefficient (Wildman–Crippen LogP) is 1.39. The quantitative estimate of drug-likeness (QED) is 0.792. The summed E-state index contributed by atoms with van der Waals surface area (Å²) in [6, 6.07) is 0. The van der Waals surface area contributed by atoms with Crippen LogP contribution >= 0.6 is 0 Å². The molecule has 1 aliphatic carbocycles. The highest BCUT2D eigenvalue weighted by Crippen LogP contribution is 2.28. The van der Waals surface area contributed by atoms with Gasteiger partial charge < -0.3 is 10.5 Å². The molecule has 0 aliphatic heterocycles. The van der Waals surface area contributed by atoms with E-state index in [1.165, 1.54) is 24.1 Å². The molecule has 1 fully saturated rings. The average molecular weight is 223 g/mol. The van der Waals surface area contributed by atoms with Crippen LogP contribution in [0.4, 0.5) is 0 Å². The molecule has 0 saturated heterocycles. The standard InChI is InChI=1S/C12H21N3O/c1-9-12(5-6-13)10(2)15(14-9)8-16-7-11-3-4-11/h11H,3-8,13H2,1-2H3. The molecule has 1 aliphatic rings. The highest BCUT2D eigenvalue weighted by molar-refractivity contribution is 5.24. The van der Waals surface area contributed by atoms with E-state index in [9.17, 15) is 0 Å². The van der Waals surface area contributed by atoms with Gasteiger partial charge in [0.15, 0.2) is 0 Å². The normalized spacial score (nSPS) is 15.7. The average Bonchev–Trinajstić information content (AvgIpc) is 3.03. The summed E-state index contributed by atoms with van der Waals surface area (Å²) in [6.45, 7) is 6.26. The van der Waals surface area contributed by atoms with Gasteiger partial charge in [0.1, 0.15) is 6.73 Å². The number of nitrogens with zero attached hydrogens (tertiary/aromatic N) is 2. The molecule has 0 aromatic carbocycles. The molecule has 16 heavy (non-hydrogen) atoms. The minimum absolute atomic E-state index is 0.577. The molecule has 0 spiro atoms. The highest BCUT2D eigenvalue weighted by atomic mass is 16.5. The molecular weight excluding hydrogens is 202 g/mol. The van der Waals surface area contributed by atoms with E-state index in [0.29, 0.717) is 13.3 Å². The van der Waals surface area contributed by atoms with E-state index in [1.807, 2.05) is 11.6 Å². The van der Waals surface area contributed by atoms with Crippen molar-refractivity contribution in [3.63, 3.8) is 0 Å². The maximum absolute atomic E-state index is 5.64. The lowest BCUT2D eigenvalue weighted by atomic mass is 10.1. The number of aryl methyl sites for hydroxylation is 1. The van der Waals surface area contributed by atoms with E-state index < -0.39 is 0 Å². The molecule has 1 aromatic heterocycles. The number of ether oxygens (including phenoxy) is 1. The molecule has 0 atom stereocenters. The third kappa shape index (κ3) is 2.62. The third-order valence-electron chi connectivity index (χ3n) is 3.19. The molecule has 2 rings (SSSR count). The molecule has 90 valence electrons. The van der Waals surface area contributed by atoms with Crippen LogP contribution in [0.15, 0.2) is 0 Å². The first-order valence-electron chi connectivity index (χ1n) is 6.03. The first-order chi connectivity index (χ1) is 7.72. The second kappa shape index (κ2) is 4.97. The largest absolute Gasteiger partial charge is 0.359 e. The maximum Gasteiger partial charge on any atom is 0.139 e. The van der Waals surface area contributed by atoms with E-state index in [0.717, 1.165) is 24.6 Å². The van der Waals surface area contributed by atoms with Gasteiger partial charge in [0, 0.05) is 5.69 Å². The van der Waals surface area contributed by atoms with Crippen molar-refractivity contribution in [1.29, 1.82) is 0 Å². The fraction of sp³-hybridized carbons (Fsp3) is 0.750. The monoisotopic (exact) mass is 223 g/mol. The van der Waals surface area contributed by atoms with E-state index >= 15 is 0 Å². The molecule has 0 bridgehead atoms. The van der Waals surface area contributed by atoms with Gasteiger partial charge >= 0.3 is 0 Å². The van der Waals surface area contributed by atoms with Gasteiger partial charge in [0.2, 0.25) is 0 Å². The van der Waals surface area contributed by atoms with E-state index in [-0.39, 0.29) is 0 Å². The van der Waals surface area contributed by atoms with E-state index in [4.69, 9.17) is 10.5 Å². The van der Waals surface area contributed by atoms with Crippen LogP contribution in [0, 0.1) is 19.8 Å². The number of hydrogen-bond acceptors (Lipinski definition) is 3. The van der Waals surface area contributed by atoms with Crippen molar-refractivity contribution in [2.45, 2.75) is 39.8 Å². The molecule has 0 amide bonds. The van der Waals surface area contributed by atoms with Gasteiger partial charge in [-0.1, -0.05) is 0 Å². The number of rotatable bonds is 6. The Hall–Kier alpha value is -0.870. The Morgan fingerprint density at radius 1 is 1.44 bits per heavy atom. The number of hydrogen-bond donors (Lipinski definition) is 1.